The van der Waals surface area contributed by atoms with Gasteiger partial charge in [-0.15, -0.1) is 0 Å². The molecule has 3 N–H and O–H groups in total. The van der Waals surface area contributed by atoms with E-state index in [1.807, 2.05) is 104 Å². The number of benzene rings is 2. The Hall–Kier alpha value is -4.06. The number of nitrogens with two attached hydrogens (primary N) is 1. The minimum atomic E-state index is -0.317. The normalized spacial score (nSPS) is 14.1. The topological polar surface area (TPSA) is 204 Å². The van der Waals surface area contributed by atoms with Crippen LogP contribution in [0.5, 0.6) is 11.8 Å². The summed E-state index contributed by atoms with van der Waals surface area (Å²) < 4.78 is 17.4. The molecule has 7 rings (SSSR count). The maximum absolute atomic E-state index is 11.5. The number of amidine groups is 1. The molecule has 0 saturated heterocycles. The van der Waals surface area contributed by atoms with Gasteiger partial charge in [-0.3, -0.25) is 0 Å². The van der Waals surface area contributed by atoms with E-state index in [4.69, 9.17) is 24.6 Å². The van der Waals surface area contributed by atoms with Crippen molar-refractivity contribution in [2.24, 2.45) is 16.8 Å². The quantitative estimate of drug-likeness (QED) is 0.0635. The van der Waals surface area contributed by atoms with E-state index in [9.17, 15) is 4.79 Å². The Labute approximate surface area is 369 Å². The second-order valence-corrected chi connectivity index (χ2v) is 13.7. The summed E-state index contributed by atoms with van der Waals surface area (Å²) >= 11 is 0. The Balaban J connectivity index is 0.000000368. The van der Waals surface area contributed by atoms with Crippen LogP contribution in [0.2, 0.25) is 0 Å². The molecule has 2 aliphatic carbocycles. The van der Waals surface area contributed by atoms with Crippen molar-refractivity contribution in [1.29, 1.82) is 0 Å². The average molecular weight is 827 g/mol. The minimum Gasteiger partial charge on any atom is -0.870 e. The standard InChI is InChI=1S/C20H24N4O3.C20H22N4O2.Na.H2O.2H2S/c1-11-12(2)22-14(4)23-19(11)26-13(3)15-5-7-16(8-6-15)18(21)24-27-20(25)17-9-10-17;1-11-12(2)21-14(4)22-19(11)25-13(3)15-5-7-16(8-6-15)18-23-20(26-24-18)17-9-10-17;;;;/h5-8,13,17H,9-10H2,1-4H3,(H2,21,24);5-8,13,17H,9-10H2,1-4H3;;3*1H2/q;;+1;;;/p-1/t2*13-;;;;/m00..../s1. The number of nitrogens with zero attached hydrogens (tertiary/aromatic N) is 7. The number of rotatable bonds is 11. The third-order valence-electron chi connectivity index (χ3n) is 9.32. The zero-order valence-corrected chi connectivity index (χ0v) is 38.0. The Morgan fingerprint density at radius 3 is 1.67 bits per heavy atom. The van der Waals surface area contributed by atoms with Crippen molar-refractivity contribution >= 4 is 38.8 Å². The number of aryl methyl sites for hydroxylation is 4. The number of ether oxygens (including phenoxy) is 2. The summed E-state index contributed by atoms with van der Waals surface area (Å²) in [5.41, 5.74) is 13.3. The third kappa shape index (κ3) is 13.0. The summed E-state index contributed by atoms with van der Waals surface area (Å²) in [4.78, 5) is 38.4. The van der Waals surface area contributed by atoms with Crippen molar-refractivity contribution in [1.82, 2.24) is 30.1 Å². The van der Waals surface area contributed by atoms with Crippen molar-refractivity contribution in [3.63, 3.8) is 0 Å². The summed E-state index contributed by atoms with van der Waals surface area (Å²) in [6.45, 7) is 15.5. The fraction of sp³-hybridized carbons (Fsp3) is 0.400. The predicted octanol–water partition coefficient (Wildman–Crippen LogP) is 4.64. The first kappa shape index (κ1) is 49.1. The molecule has 0 spiro atoms. The molecular weight excluding hydrogens is 776 g/mol. The van der Waals surface area contributed by atoms with Crippen molar-refractivity contribution in [2.45, 2.75) is 99.2 Å². The molecule has 0 radical (unpaired) electrons. The van der Waals surface area contributed by atoms with Crippen LogP contribution in [-0.4, -0.2) is 47.4 Å². The maximum Gasteiger partial charge on any atom is 1.00 e. The van der Waals surface area contributed by atoms with Crippen LogP contribution in [0.1, 0.15) is 114 Å². The number of carbonyl (C=O) groups excluding carboxylic acids is 1. The number of oxime groups is 1. The molecule has 2 atom stereocenters. The molecule has 2 saturated carbocycles. The van der Waals surface area contributed by atoms with E-state index in [0.29, 0.717) is 40.7 Å². The molecule has 2 aromatic carbocycles. The minimum absolute atomic E-state index is 0. The van der Waals surface area contributed by atoms with Crippen molar-refractivity contribution in [3.05, 3.63) is 105 Å². The van der Waals surface area contributed by atoms with E-state index < -0.39 is 0 Å². The van der Waals surface area contributed by atoms with Gasteiger partial charge in [0.2, 0.25) is 23.5 Å². The van der Waals surface area contributed by atoms with E-state index in [-0.39, 0.29) is 92.0 Å². The predicted molar refractivity (Wildman–Crippen MR) is 221 cm³/mol. The van der Waals surface area contributed by atoms with Crippen LogP contribution >= 0.6 is 27.0 Å². The molecule has 300 valence electrons. The molecule has 0 bridgehead atoms. The van der Waals surface area contributed by atoms with Gasteiger partial charge in [0, 0.05) is 39.6 Å². The van der Waals surface area contributed by atoms with Crippen LogP contribution in [-0.2, 0) is 9.63 Å². The fourth-order valence-electron chi connectivity index (χ4n) is 5.39. The van der Waals surface area contributed by atoms with Crippen LogP contribution in [0.4, 0.5) is 0 Å². The Morgan fingerprint density at radius 2 is 1.21 bits per heavy atom. The van der Waals surface area contributed by atoms with E-state index in [2.05, 4.69) is 35.2 Å². The van der Waals surface area contributed by atoms with Gasteiger partial charge in [-0.25, -0.2) is 14.8 Å². The molecule has 14 nitrogen and oxygen atoms in total. The van der Waals surface area contributed by atoms with Gasteiger partial charge in [0.05, 0.1) is 5.92 Å². The van der Waals surface area contributed by atoms with E-state index >= 15 is 0 Å². The molecular formula is C40H51N8NaO6S2. The van der Waals surface area contributed by atoms with Crippen LogP contribution in [0.15, 0.2) is 58.2 Å². The molecule has 57 heavy (non-hydrogen) atoms. The van der Waals surface area contributed by atoms with E-state index in [0.717, 1.165) is 70.8 Å². The Kier molecular flexibility index (Phi) is 18.6. The number of carbonyl (C=O) groups is 1. The van der Waals surface area contributed by atoms with Crippen molar-refractivity contribution < 1.29 is 58.7 Å². The van der Waals surface area contributed by atoms with Crippen LogP contribution < -0.4 is 44.8 Å². The van der Waals surface area contributed by atoms with Gasteiger partial charge in [0.1, 0.15) is 23.9 Å². The Morgan fingerprint density at radius 1 is 0.737 bits per heavy atom. The SMILES string of the molecule is Cc1nc(C)c(C)c(O[C@@H](C)c2ccc(-c3noc(C4CC4)n3)cc2)n1.Cc1nc(C)c(C)c(O[C@@H](C)c2ccc(/C(N)=N/OC(=O)C3CC3)cc2)n1.S.S.[Na+].[OH-]. The molecule has 0 unspecified atom stereocenters. The maximum atomic E-state index is 11.5. The zero-order chi connectivity index (χ0) is 37.8. The average Bonchev–Trinajstić information content (AvgIpc) is 4.10. The molecule has 2 aliphatic rings. The van der Waals surface area contributed by atoms with E-state index in [1.54, 1.807) is 0 Å². The van der Waals surface area contributed by atoms with Crippen molar-refractivity contribution in [2.75, 3.05) is 0 Å². The monoisotopic (exact) mass is 826 g/mol. The number of aromatic nitrogens is 6. The zero-order valence-electron chi connectivity index (χ0n) is 34.0. The summed E-state index contributed by atoms with van der Waals surface area (Å²) in [5.74, 6) is 4.32. The van der Waals surface area contributed by atoms with Gasteiger partial charge in [0.25, 0.3) is 0 Å². The summed E-state index contributed by atoms with van der Waals surface area (Å²) in [6.07, 6.45) is 3.71. The van der Waals surface area contributed by atoms with Gasteiger partial charge in [-0.2, -0.15) is 41.9 Å². The molecule has 3 heterocycles. The van der Waals surface area contributed by atoms with Gasteiger partial charge in [-0.05, 0) is 92.2 Å². The molecule has 0 amide bonds. The smallest absolute Gasteiger partial charge is 0.870 e. The molecule has 2 fully saturated rings. The fourth-order valence-corrected chi connectivity index (χ4v) is 5.39. The third-order valence-corrected chi connectivity index (χ3v) is 9.32. The van der Waals surface area contributed by atoms with Gasteiger partial charge in [-0.1, -0.05) is 58.8 Å². The first-order chi connectivity index (χ1) is 25.4. The second-order valence-electron chi connectivity index (χ2n) is 13.7. The summed E-state index contributed by atoms with van der Waals surface area (Å²) in [6, 6.07) is 15.5. The summed E-state index contributed by atoms with van der Waals surface area (Å²) in [5, 5.41) is 7.81. The summed E-state index contributed by atoms with van der Waals surface area (Å²) in [7, 11) is 0. The van der Waals surface area contributed by atoms with Crippen LogP contribution in [0.3, 0.4) is 0 Å². The largest absolute Gasteiger partial charge is 1.00 e. The number of hydrogen-bond acceptors (Lipinski definition) is 13. The van der Waals surface area contributed by atoms with Crippen molar-refractivity contribution in [3.8, 4) is 23.1 Å². The first-order valence-electron chi connectivity index (χ1n) is 17.9. The Bertz CT molecular complexity index is 2130. The molecule has 0 aliphatic heterocycles. The van der Waals surface area contributed by atoms with Crippen LogP contribution in [0, 0.1) is 47.5 Å². The van der Waals surface area contributed by atoms with E-state index in [1.165, 1.54) is 0 Å². The van der Waals surface area contributed by atoms with Crippen LogP contribution in [0.25, 0.3) is 11.4 Å². The van der Waals surface area contributed by atoms with Gasteiger partial charge in [0.15, 0.2) is 5.84 Å². The number of hydrogen-bond donors (Lipinski definition) is 1. The second kappa shape index (κ2) is 21.6. The molecule has 5 aromatic rings. The van der Waals surface area contributed by atoms with Gasteiger partial charge < -0.3 is 30.0 Å². The molecule has 3 aromatic heterocycles. The molecule has 17 heteroatoms. The first-order valence-corrected chi connectivity index (χ1v) is 17.9. The van der Waals surface area contributed by atoms with Gasteiger partial charge >= 0.3 is 35.5 Å².